The van der Waals surface area contributed by atoms with E-state index in [2.05, 4.69) is 25.7 Å². The minimum absolute atomic E-state index is 0.0217. The summed E-state index contributed by atoms with van der Waals surface area (Å²) in [6.45, 7) is 10.00. The van der Waals surface area contributed by atoms with Crippen LogP contribution < -0.4 is 0 Å². The maximum absolute atomic E-state index is 5.90. The fourth-order valence-corrected chi connectivity index (χ4v) is 2.30. The third kappa shape index (κ3) is 3.76. The quantitative estimate of drug-likeness (QED) is 0.709. The van der Waals surface area contributed by atoms with Crippen molar-refractivity contribution in [2.75, 3.05) is 19.7 Å². The summed E-state index contributed by atoms with van der Waals surface area (Å²) in [4.78, 5) is 2.66. The summed E-state index contributed by atoms with van der Waals surface area (Å²) < 4.78 is 5.90. The van der Waals surface area contributed by atoms with E-state index in [4.69, 9.17) is 4.74 Å². The van der Waals surface area contributed by atoms with Gasteiger partial charge >= 0.3 is 0 Å². The van der Waals surface area contributed by atoms with Gasteiger partial charge in [0.25, 0.3) is 0 Å². The molecule has 2 aliphatic rings. The number of rotatable bonds is 4. The number of nitrogens with zero attached hydrogens (tertiary/aromatic N) is 1. The minimum atomic E-state index is 0.0217. The van der Waals surface area contributed by atoms with Gasteiger partial charge in [0.15, 0.2) is 0 Å². The molecule has 0 unspecified atom stereocenters. The van der Waals surface area contributed by atoms with Gasteiger partial charge in [0.2, 0.25) is 0 Å². The van der Waals surface area contributed by atoms with Crippen molar-refractivity contribution in [3.05, 3.63) is 0 Å². The molecule has 0 radical (unpaired) electrons. The van der Waals surface area contributed by atoms with Crippen molar-refractivity contribution < 1.29 is 4.74 Å². The molecule has 15 heavy (non-hydrogen) atoms. The van der Waals surface area contributed by atoms with E-state index in [-0.39, 0.29) is 5.60 Å². The lowest BCUT2D eigenvalue weighted by atomic mass is 10.2. The van der Waals surface area contributed by atoms with Gasteiger partial charge in [-0.05, 0) is 58.9 Å². The van der Waals surface area contributed by atoms with Gasteiger partial charge in [-0.3, -0.25) is 4.90 Å². The molecule has 1 heterocycles. The van der Waals surface area contributed by atoms with Crippen molar-refractivity contribution in [3.8, 4) is 0 Å². The van der Waals surface area contributed by atoms with E-state index in [0.29, 0.717) is 6.04 Å². The fourth-order valence-electron chi connectivity index (χ4n) is 2.30. The van der Waals surface area contributed by atoms with Gasteiger partial charge in [0, 0.05) is 12.6 Å². The molecule has 0 bridgehead atoms. The van der Waals surface area contributed by atoms with Crippen molar-refractivity contribution in [3.63, 3.8) is 0 Å². The van der Waals surface area contributed by atoms with Gasteiger partial charge < -0.3 is 4.74 Å². The van der Waals surface area contributed by atoms with Crippen LogP contribution in [0.15, 0.2) is 0 Å². The first-order valence-electron chi connectivity index (χ1n) is 6.42. The molecule has 1 atom stereocenters. The van der Waals surface area contributed by atoms with E-state index < -0.39 is 0 Å². The van der Waals surface area contributed by atoms with Crippen LogP contribution in [0.1, 0.15) is 46.5 Å². The molecular formula is C13H25NO. The Labute approximate surface area is 94.0 Å². The van der Waals surface area contributed by atoms with E-state index >= 15 is 0 Å². The zero-order valence-corrected chi connectivity index (χ0v) is 10.5. The van der Waals surface area contributed by atoms with Crippen LogP contribution in [0.3, 0.4) is 0 Å². The average molecular weight is 211 g/mol. The Morgan fingerprint density at radius 1 is 1.20 bits per heavy atom. The maximum atomic E-state index is 5.90. The lowest BCUT2D eigenvalue weighted by Gasteiger charge is -2.28. The Kier molecular flexibility index (Phi) is 3.36. The van der Waals surface area contributed by atoms with Crippen molar-refractivity contribution in [1.29, 1.82) is 0 Å². The predicted octanol–water partition coefficient (Wildman–Crippen LogP) is 2.68. The Morgan fingerprint density at radius 3 is 2.53 bits per heavy atom. The summed E-state index contributed by atoms with van der Waals surface area (Å²) in [5.41, 5.74) is 0.0217. The standard InChI is InChI=1S/C13H25NO/c1-13(2,3)15-10-12-5-4-8-14(12)9-11-6-7-11/h11-12H,4-10H2,1-3H3/t12-/m0/s1. The van der Waals surface area contributed by atoms with E-state index in [0.717, 1.165) is 12.5 Å². The van der Waals surface area contributed by atoms with Gasteiger partial charge in [0.05, 0.1) is 12.2 Å². The van der Waals surface area contributed by atoms with Crippen molar-refractivity contribution in [2.24, 2.45) is 5.92 Å². The molecule has 0 aromatic heterocycles. The molecule has 2 nitrogen and oxygen atoms in total. The van der Waals surface area contributed by atoms with Crippen molar-refractivity contribution in [2.45, 2.75) is 58.1 Å². The van der Waals surface area contributed by atoms with Crippen LogP contribution >= 0.6 is 0 Å². The summed E-state index contributed by atoms with van der Waals surface area (Å²) in [5, 5.41) is 0. The fraction of sp³-hybridized carbons (Fsp3) is 1.00. The largest absolute Gasteiger partial charge is 0.374 e. The second-order valence-corrected chi connectivity index (χ2v) is 6.16. The summed E-state index contributed by atoms with van der Waals surface area (Å²) in [6.07, 6.45) is 5.63. The van der Waals surface area contributed by atoms with E-state index in [9.17, 15) is 0 Å². The summed E-state index contributed by atoms with van der Waals surface area (Å²) in [6, 6.07) is 0.699. The van der Waals surface area contributed by atoms with Crippen LogP contribution in [-0.4, -0.2) is 36.2 Å². The van der Waals surface area contributed by atoms with Gasteiger partial charge in [-0.15, -0.1) is 0 Å². The van der Waals surface area contributed by atoms with Crippen molar-refractivity contribution >= 4 is 0 Å². The molecule has 0 aromatic carbocycles. The van der Waals surface area contributed by atoms with Crippen molar-refractivity contribution in [1.82, 2.24) is 4.90 Å². The van der Waals surface area contributed by atoms with Crippen LogP contribution in [0.2, 0.25) is 0 Å². The molecular weight excluding hydrogens is 186 g/mol. The molecule has 0 N–H and O–H groups in total. The minimum Gasteiger partial charge on any atom is -0.374 e. The van der Waals surface area contributed by atoms with E-state index in [1.807, 2.05) is 0 Å². The monoisotopic (exact) mass is 211 g/mol. The number of hydrogen-bond acceptors (Lipinski definition) is 2. The third-order valence-electron chi connectivity index (χ3n) is 3.40. The molecule has 1 saturated heterocycles. The normalized spacial score (nSPS) is 28.6. The molecule has 88 valence electrons. The van der Waals surface area contributed by atoms with Gasteiger partial charge in [-0.25, -0.2) is 0 Å². The average Bonchev–Trinajstić information content (AvgIpc) is 2.80. The Balaban J connectivity index is 1.74. The maximum Gasteiger partial charge on any atom is 0.0628 e. The van der Waals surface area contributed by atoms with Gasteiger partial charge in [0.1, 0.15) is 0 Å². The summed E-state index contributed by atoms with van der Waals surface area (Å²) in [7, 11) is 0. The second kappa shape index (κ2) is 4.42. The first-order chi connectivity index (χ1) is 7.04. The van der Waals surface area contributed by atoms with Crippen LogP contribution in [0, 0.1) is 5.92 Å². The topological polar surface area (TPSA) is 12.5 Å². The number of ether oxygens (including phenoxy) is 1. The van der Waals surface area contributed by atoms with E-state index in [1.165, 1.54) is 38.8 Å². The highest BCUT2D eigenvalue weighted by Crippen LogP contribution is 2.32. The first kappa shape index (κ1) is 11.4. The highest BCUT2D eigenvalue weighted by Gasteiger charge is 2.31. The summed E-state index contributed by atoms with van der Waals surface area (Å²) in [5.74, 6) is 1.01. The lowest BCUT2D eigenvalue weighted by Crippen LogP contribution is -2.37. The Hall–Kier alpha value is -0.0800. The third-order valence-corrected chi connectivity index (χ3v) is 3.40. The molecule has 1 aliphatic carbocycles. The van der Waals surface area contributed by atoms with E-state index in [1.54, 1.807) is 0 Å². The Bertz CT molecular complexity index is 205. The first-order valence-corrected chi connectivity index (χ1v) is 6.42. The highest BCUT2D eigenvalue weighted by atomic mass is 16.5. The second-order valence-electron chi connectivity index (χ2n) is 6.16. The molecule has 2 fully saturated rings. The van der Waals surface area contributed by atoms with Crippen LogP contribution in [-0.2, 0) is 4.74 Å². The van der Waals surface area contributed by atoms with Crippen LogP contribution in [0.4, 0.5) is 0 Å². The zero-order valence-electron chi connectivity index (χ0n) is 10.5. The Morgan fingerprint density at radius 2 is 1.93 bits per heavy atom. The molecule has 2 rings (SSSR count). The highest BCUT2D eigenvalue weighted by molar-refractivity contribution is 4.85. The lowest BCUT2D eigenvalue weighted by molar-refractivity contribution is -0.0286. The number of hydrogen-bond donors (Lipinski definition) is 0. The van der Waals surface area contributed by atoms with Gasteiger partial charge in [-0.1, -0.05) is 0 Å². The molecule has 1 aliphatic heterocycles. The SMILES string of the molecule is CC(C)(C)OC[C@@H]1CCCN1CC1CC1. The smallest absolute Gasteiger partial charge is 0.0628 e. The molecule has 1 saturated carbocycles. The van der Waals surface area contributed by atoms with Crippen LogP contribution in [0.25, 0.3) is 0 Å². The predicted molar refractivity (Wildman–Crippen MR) is 63.0 cm³/mol. The number of likely N-dealkylation sites (tertiary alicyclic amines) is 1. The molecule has 0 amide bonds. The molecule has 2 heteroatoms. The zero-order chi connectivity index (χ0) is 10.9. The van der Waals surface area contributed by atoms with Crippen LogP contribution in [0.5, 0.6) is 0 Å². The molecule has 0 aromatic rings. The molecule has 0 spiro atoms. The van der Waals surface area contributed by atoms with Gasteiger partial charge in [-0.2, -0.15) is 0 Å². The summed E-state index contributed by atoms with van der Waals surface area (Å²) >= 11 is 0.